The van der Waals surface area contributed by atoms with Crippen LogP contribution < -0.4 is 10.1 Å². The Morgan fingerprint density at radius 1 is 1.17 bits per heavy atom. The first-order valence-corrected chi connectivity index (χ1v) is 9.66. The zero-order valence-electron chi connectivity index (χ0n) is 15.1. The van der Waals surface area contributed by atoms with E-state index in [-0.39, 0.29) is 11.7 Å². The molecule has 1 amide bonds. The number of oxazole rings is 1. The number of phenolic OH excluding ortho intramolecular Hbond substituents is 1. The normalized spacial score (nSPS) is 10.9. The SMILES string of the molecule is COc1ccc(Cl)cc1C(=O)Nc1ccc2oc(-c3ccc(O)c(Br)c3)nc2c1. The van der Waals surface area contributed by atoms with Gasteiger partial charge in [0.25, 0.3) is 5.91 Å². The van der Waals surface area contributed by atoms with Gasteiger partial charge in [-0.25, -0.2) is 4.98 Å². The molecule has 0 fully saturated rings. The monoisotopic (exact) mass is 472 g/mol. The summed E-state index contributed by atoms with van der Waals surface area (Å²) in [5.41, 5.74) is 2.74. The predicted octanol–water partition coefficient (Wildman–Crippen LogP) is 5.88. The maximum absolute atomic E-state index is 12.7. The third kappa shape index (κ3) is 3.92. The van der Waals surface area contributed by atoms with E-state index in [1.165, 1.54) is 7.11 Å². The Morgan fingerprint density at radius 2 is 2.00 bits per heavy atom. The van der Waals surface area contributed by atoms with Crippen LogP contribution in [0.15, 0.2) is 63.5 Å². The minimum absolute atomic E-state index is 0.131. The van der Waals surface area contributed by atoms with Crippen molar-refractivity contribution in [3.05, 3.63) is 69.7 Å². The van der Waals surface area contributed by atoms with Crippen molar-refractivity contribution in [3.8, 4) is 23.0 Å². The molecule has 2 N–H and O–H groups in total. The Morgan fingerprint density at radius 3 is 2.76 bits per heavy atom. The molecule has 4 aromatic rings. The summed E-state index contributed by atoms with van der Waals surface area (Å²) in [6, 6.07) is 15.0. The molecule has 1 heterocycles. The van der Waals surface area contributed by atoms with Crippen molar-refractivity contribution in [1.29, 1.82) is 0 Å². The Kier molecular flexibility index (Phi) is 5.17. The van der Waals surface area contributed by atoms with Crippen LogP contribution in [0.2, 0.25) is 5.02 Å². The van der Waals surface area contributed by atoms with Crippen molar-refractivity contribution in [2.24, 2.45) is 0 Å². The van der Waals surface area contributed by atoms with Crippen LogP contribution in [0.25, 0.3) is 22.6 Å². The molecule has 8 heteroatoms. The number of hydrogen-bond donors (Lipinski definition) is 2. The maximum atomic E-state index is 12.7. The van der Waals surface area contributed by atoms with Crippen molar-refractivity contribution >= 4 is 50.2 Å². The maximum Gasteiger partial charge on any atom is 0.259 e. The van der Waals surface area contributed by atoms with E-state index >= 15 is 0 Å². The summed E-state index contributed by atoms with van der Waals surface area (Å²) in [6.07, 6.45) is 0. The van der Waals surface area contributed by atoms with Crippen molar-refractivity contribution in [2.75, 3.05) is 12.4 Å². The number of nitrogens with zero attached hydrogens (tertiary/aromatic N) is 1. The summed E-state index contributed by atoms with van der Waals surface area (Å²) in [6.45, 7) is 0. The first-order chi connectivity index (χ1) is 13.9. The van der Waals surface area contributed by atoms with E-state index in [1.54, 1.807) is 54.6 Å². The van der Waals surface area contributed by atoms with Gasteiger partial charge < -0.3 is 19.6 Å². The van der Waals surface area contributed by atoms with Crippen molar-refractivity contribution in [3.63, 3.8) is 0 Å². The largest absolute Gasteiger partial charge is 0.507 e. The summed E-state index contributed by atoms with van der Waals surface area (Å²) < 4.78 is 11.6. The van der Waals surface area contributed by atoms with Crippen LogP contribution in [0.4, 0.5) is 5.69 Å². The molecular formula is C21H14BrClN2O4. The van der Waals surface area contributed by atoms with Gasteiger partial charge in [-0.15, -0.1) is 0 Å². The van der Waals surface area contributed by atoms with Crippen LogP contribution in [0.3, 0.4) is 0 Å². The summed E-state index contributed by atoms with van der Waals surface area (Å²) in [5.74, 6) is 0.608. The molecule has 0 unspecified atom stereocenters. The summed E-state index contributed by atoms with van der Waals surface area (Å²) in [5, 5.41) is 12.9. The van der Waals surface area contributed by atoms with Gasteiger partial charge in [-0.1, -0.05) is 11.6 Å². The number of methoxy groups -OCH3 is 1. The second kappa shape index (κ2) is 7.77. The molecule has 0 aliphatic carbocycles. The average Bonchev–Trinajstić information content (AvgIpc) is 3.13. The number of fused-ring (bicyclic) bond motifs is 1. The average molecular weight is 474 g/mol. The molecular weight excluding hydrogens is 460 g/mol. The van der Waals surface area contributed by atoms with E-state index < -0.39 is 0 Å². The quantitative estimate of drug-likeness (QED) is 0.387. The minimum Gasteiger partial charge on any atom is -0.507 e. The second-order valence-corrected chi connectivity index (χ2v) is 7.46. The third-order valence-electron chi connectivity index (χ3n) is 4.25. The number of carbonyl (C=O) groups excluding carboxylic acids is 1. The highest BCUT2D eigenvalue weighted by Crippen LogP contribution is 2.32. The van der Waals surface area contributed by atoms with E-state index in [4.69, 9.17) is 20.8 Å². The fourth-order valence-electron chi connectivity index (χ4n) is 2.82. The molecule has 4 rings (SSSR count). The standard InChI is InChI=1S/C21H14BrClN2O4/c1-28-18-6-3-12(23)9-14(18)20(27)24-13-4-7-19-16(10-13)25-21(29-19)11-2-5-17(26)15(22)8-11/h2-10,26H,1H3,(H,24,27). The first kappa shape index (κ1) is 19.3. The highest BCUT2D eigenvalue weighted by atomic mass is 79.9. The molecule has 1 aromatic heterocycles. The Hall–Kier alpha value is -3.03. The molecule has 0 atom stereocenters. The van der Waals surface area contributed by atoms with Crippen molar-refractivity contribution < 1.29 is 19.1 Å². The van der Waals surface area contributed by atoms with E-state index in [0.717, 1.165) is 0 Å². The lowest BCUT2D eigenvalue weighted by molar-refractivity contribution is 0.102. The number of anilines is 1. The second-order valence-electron chi connectivity index (χ2n) is 6.17. The van der Waals surface area contributed by atoms with Gasteiger partial charge in [0.15, 0.2) is 5.58 Å². The molecule has 6 nitrogen and oxygen atoms in total. The molecule has 0 radical (unpaired) electrons. The number of aromatic nitrogens is 1. The predicted molar refractivity (Wildman–Crippen MR) is 115 cm³/mol. The van der Waals surface area contributed by atoms with Gasteiger partial charge >= 0.3 is 0 Å². The highest BCUT2D eigenvalue weighted by Gasteiger charge is 2.15. The molecule has 0 bridgehead atoms. The van der Waals surface area contributed by atoms with Crippen LogP contribution in [0.5, 0.6) is 11.5 Å². The van der Waals surface area contributed by atoms with Crippen molar-refractivity contribution in [2.45, 2.75) is 0 Å². The molecule has 0 spiro atoms. The number of carbonyl (C=O) groups is 1. The minimum atomic E-state index is -0.352. The van der Waals surface area contributed by atoms with Crippen LogP contribution in [-0.4, -0.2) is 23.1 Å². The van der Waals surface area contributed by atoms with Gasteiger partial charge in [0, 0.05) is 16.3 Å². The number of halogens is 2. The van der Waals surface area contributed by atoms with Crippen LogP contribution in [0, 0.1) is 0 Å². The van der Waals surface area contributed by atoms with Gasteiger partial charge in [-0.2, -0.15) is 0 Å². The Bertz CT molecular complexity index is 1240. The van der Waals surface area contributed by atoms with E-state index in [1.807, 2.05) is 0 Å². The Labute approximate surface area is 179 Å². The Balaban J connectivity index is 1.63. The number of amides is 1. The number of hydrogen-bond acceptors (Lipinski definition) is 5. The topological polar surface area (TPSA) is 84.6 Å². The number of aromatic hydroxyl groups is 1. The first-order valence-electron chi connectivity index (χ1n) is 8.49. The van der Waals surface area contributed by atoms with Crippen LogP contribution in [0.1, 0.15) is 10.4 Å². The molecule has 0 saturated carbocycles. The summed E-state index contributed by atoms with van der Waals surface area (Å²) in [7, 11) is 1.49. The van der Waals surface area contributed by atoms with Gasteiger partial charge in [-0.05, 0) is 70.5 Å². The molecule has 3 aromatic carbocycles. The number of rotatable bonds is 4. The van der Waals surface area contributed by atoms with Gasteiger partial charge in [0.1, 0.15) is 17.0 Å². The lowest BCUT2D eigenvalue weighted by atomic mass is 10.1. The summed E-state index contributed by atoms with van der Waals surface area (Å²) in [4.78, 5) is 17.1. The molecule has 29 heavy (non-hydrogen) atoms. The number of nitrogens with one attached hydrogen (secondary N) is 1. The molecule has 0 aliphatic rings. The fraction of sp³-hybridized carbons (Fsp3) is 0.0476. The van der Waals surface area contributed by atoms with Crippen molar-refractivity contribution in [1.82, 2.24) is 4.98 Å². The third-order valence-corrected chi connectivity index (χ3v) is 5.12. The van der Waals surface area contributed by atoms with Gasteiger partial charge in [0.2, 0.25) is 5.89 Å². The zero-order chi connectivity index (χ0) is 20.5. The van der Waals surface area contributed by atoms with E-state index in [9.17, 15) is 9.90 Å². The number of benzene rings is 3. The van der Waals surface area contributed by atoms with Gasteiger partial charge in [-0.3, -0.25) is 4.79 Å². The lowest BCUT2D eigenvalue weighted by Crippen LogP contribution is -2.13. The van der Waals surface area contributed by atoms with Gasteiger partial charge in [0.05, 0.1) is 17.1 Å². The number of ether oxygens (including phenoxy) is 1. The number of phenols is 1. The summed E-state index contributed by atoms with van der Waals surface area (Å²) >= 11 is 9.28. The van der Waals surface area contributed by atoms with Crippen LogP contribution >= 0.6 is 27.5 Å². The lowest BCUT2D eigenvalue weighted by Gasteiger charge is -2.09. The molecule has 0 saturated heterocycles. The smallest absolute Gasteiger partial charge is 0.259 e. The van der Waals surface area contributed by atoms with E-state index in [0.29, 0.717) is 49.0 Å². The highest BCUT2D eigenvalue weighted by molar-refractivity contribution is 9.10. The zero-order valence-corrected chi connectivity index (χ0v) is 17.4. The van der Waals surface area contributed by atoms with E-state index in [2.05, 4.69) is 26.2 Å². The molecule has 0 aliphatic heterocycles. The fourth-order valence-corrected chi connectivity index (χ4v) is 3.38. The van der Waals surface area contributed by atoms with Crippen LogP contribution in [-0.2, 0) is 0 Å². The molecule has 146 valence electrons.